The summed E-state index contributed by atoms with van der Waals surface area (Å²) in [5, 5.41) is -0.0356. The van der Waals surface area contributed by atoms with Gasteiger partial charge in [0.1, 0.15) is 11.6 Å². The Morgan fingerprint density at radius 2 is 1.90 bits per heavy atom. The molecule has 1 fully saturated rings. The number of halogens is 4. The lowest BCUT2D eigenvalue weighted by Gasteiger charge is -2.42. The maximum atomic E-state index is 14.4. The van der Waals surface area contributed by atoms with Crippen molar-refractivity contribution in [2.75, 3.05) is 0 Å². The molecule has 3 atom stereocenters. The first-order valence-corrected chi connectivity index (χ1v) is 8.26. The third kappa shape index (κ3) is 2.89. The Bertz CT molecular complexity index is 501. The molecular weight excluding hydrogens is 346 g/mol. The van der Waals surface area contributed by atoms with E-state index < -0.39 is 17.0 Å². The van der Waals surface area contributed by atoms with E-state index >= 15 is 0 Å². The van der Waals surface area contributed by atoms with E-state index in [1.54, 1.807) is 0 Å². The molecule has 0 saturated heterocycles. The molecule has 0 amide bonds. The highest BCUT2D eigenvalue weighted by atomic mass is 79.9. The molecule has 1 aliphatic rings. The molecule has 0 spiro atoms. The van der Waals surface area contributed by atoms with E-state index in [4.69, 9.17) is 11.6 Å². The SMILES string of the molecule is CC1CCC(C(C)(C)c2c(F)ccc(Br)c2F)C(Cl)C1. The molecule has 0 heterocycles. The van der Waals surface area contributed by atoms with Gasteiger partial charge >= 0.3 is 0 Å². The minimum absolute atomic E-state index is 0.0356. The maximum Gasteiger partial charge on any atom is 0.144 e. The van der Waals surface area contributed by atoms with Crippen LogP contribution in [0.25, 0.3) is 0 Å². The smallest absolute Gasteiger partial charge is 0.144 e. The van der Waals surface area contributed by atoms with Gasteiger partial charge in [-0.25, -0.2) is 8.78 Å². The van der Waals surface area contributed by atoms with Gasteiger partial charge in [-0.3, -0.25) is 0 Å². The molecule has 20 heavy (non-hydrogen) atoms. The number of hydrogen-bond donors (Lipinski definition) is 0. The molecule has 0 bridgehead atoms. The maximum absolute atomic E-state index is 14.4. The lowest BCUT2D eigenvalue weighted by atomic mass is 9.65. The van der Waals surface area contributed by atoms with Gasteiger partial charge in [-0.15, -0.1) is 11.6 Å². The Hall–Kier alpha value is -0.150. The summed E-state index contributed by atoms with van der Waals surface area (Å²) in [6, 6.07) is 2.73. The summed E-state index contributed by atoms with van der Waals surface area (Å²) in [6.07, 6.45) is 2.88. The summed E-state index contributed by atoms with van der Waals surface area (Å²) in [5.74, 6) is -0.323. The van der Waals surface area contributed by atoms with Crippen molar-refractivity contribution in [1.29, 1.82) is 0 Å². The highest BCUT2D eigenvalue weighted by Crippen LogP contribution is 2.46. The first-order chi connectivity index (χ1) is 9.25. The first-order valence-electron chi connectivity index (χ1n) is 7.03. The molecule has 0 N–H and O–H groups in total. The Morgan fingerprint density at radius 1 is 1.25 bits per heavy atom. The van der Waals surface area contributed by atoms with Gasteiger partial charge in [0, 0.05) is 10.9 Å². The molecule has 1 aromatic rings. The number of hydrogen-bond acceptors (Lipinski definition) is 0. The van der Waals surface area contributed by atoms with Crippen LogP contribution in [0.15, 0.2) is 16.6 Å². The zero-order valence-electron chi connectivity index (χ0n) is 12.0. The van der Waals surface area contributed by atoms with Crippen molar-refractivity contribution in [3.05, 3.63) is 33.8 Å². The van der Waals surface area contributed by atoms with E-state index in [1.807, 2.05) is 13.8 Å². The molecule has 0 aliphatic heterocycles. The van der Waals surface area contributed by atoms with Crippen LogP contribution in [0, 0.1) is 23.5 Å². The molecule has 1 saturated carbocycles. The third-order valence-corrected chi connectivity index (χ3v) is 5.74. The summed E-state index contributed by atoms with van der Waals surface area (Å²) in [5.41, 5.74) is -0.470. The monoisotopic (exact) mass is 364 g/mol. The van der Waals surface area contributed by atoms with Crippen molar-refractivity contribution < 1.29 is 8.78 Å². The summed E-state index contributed by atoms with van der Waals surface area (Å²) < 4.78 is 28.9. The molecule has 3 unspecified atom stereocenters. The van der Waals surface area contributed by atoms with Crippen LogP contribution in [-0.4, -0.2) is 5.38 Å². The largest absolute Gasteiger partial charge is 0.207 e. The number of alkyl halides is 1. The molecule has 0 radical (unpaired) electrons. The fraction of sp³-hybridized carbons (Fsp3) is 0.625. The van der Waals surface area contributed by atoms with Crippen LogP contribution in [0.5, 0.6) is 0 Å². The van der Waals surface area contributed by atoms with Crippen molar-refractivity contribution in [3.63, 3.8) is 0 Å². The summed E-state index contributed by atoms with van der Waals surface area (Å²) in [4.78, 5) is 0. The van der Waals surface area contributed by atoms with E-state index in [2.05, 4.69) is 22.9 Å². The molecule has 2 rings (SSSR count). The van der Waals surface area contributed by atoms with Crippen molar-refractivity contribution in [2.24, 2.45) is 11.8 Å². The summed E-state index contributed by atoms with van der Waals surface area (Å²) in [7, 11) is 0. The van der Waals surface area contributed by atoms with E-state index in [0.717, 1.165) is 19.3 Å². The van der Waals surface area contributed by atoms with Gasteiger partial charge in [0.15, 0.2) is 0 Å². The van der Waals surface area contributed by atoms with Crippen LogP contribution in [0.4, 0.5) is 8.78 Å². The van der Waals surface area contributed by atoms with Crippen molar-refractivity contribution in [1.82, 2.24) is 0 Å². The van der Waals surface area contributed by atoms with Crippen LogP contribution in [-0.2, 0) is 5.41 Å². The second-order valence-electron chi connectivity index (χ2n) is 6.48. The van der Waals surface area contributed by atoms with E-state index in [9.17, 15) is 8.78 Å². The number of benzene rings is 1. The third-order valence-electron chi connectivity index (χ3n) is 4.65. The minimum Gasteiger partial charge on any atom is -0.207 e. The van der Waals surface area contributed by atoms with Gasteiger partial charge in [-0.2, -0.15) is 0 Å². The second kappa shape index (κ2) is 5.92. The molecule has 1 aliphatic carbocycles. The fourth-order valence-electron chi connectivity index (χ4n) is 3.43. The van der Waals surface area contributed by atoms with Gasteiger partial charge in [-0.1, -0.05) is 27.2 Å². The summed E-state index contributed by atoms with van der Waals surface area (Å²) in [6.45, 7) is 5.98. The predicted octanol–water partition coefficient (Wildman–Crippen LogP) is 6.05. The van der Waals surface area contributed by atoms with Gasteiger partial charge in [0.2, 0.25) is 0 Å². The van der Waals surface area contributed by atoms with Crippen molar-refractivity contribution in [2.45, 2.75) is 50.8 Å². The molecule has 1 aromatic carbocycles. The quantitative estimate of drug-likeness (QED) is 0.442. The lowest BCUT2D eigenvalue weighted by molar-refractivity contribution is 0.199. The Morgan fingerprint density at radius 3 is 2.50 bits per heavy atom. The van der Waals surface area contributed by atoms with Crippen LogP contribution in [0.1, 0.15) is 45.6 Å². The van der Waals surface area contributed by atoms with E-state index in [1.165, 1.54) is 12.1 Å². The van der Waals surface area contributed by atoms with Crippen LogP contribution < -0.4 is 0 Å². The minimum atomic E-state index is -0.621. The molecule has 0 nitrogen and oxygen atoms in total. The topological polar surface area (TPSA) is 0 Å². The van der Waals surface area contributed by atoms with E-state index in [-0.39, 0.29) is 16.9 Å². The predicted molar refractivity (Wildman–Crippen MR) is 83.2 cm³/mol. The van der Waals surface area contributed by atoms with Gasteiger partial charge in [-0.05, 0) is 58.2 Å². The van der Waals surface area contributed by atoms with Crippen LogP contribution >= 0.6 is 27.5 Å². The zero-order chi connectivity index (χ0) is 15.1. The highest BCUT2D eigenvalue weighted by Gasteiger charge is 2.42. The van der Waals surface area contributed by atoms with E-state index in [0.29, 0.717) is 10.4 Å². The van der Waals surface area contributed by atoms with Gasteiger partial charge in [0.05, 0.1) is 4.47 Å². The van der Waals surface area contributed by atoms with Gasteiger partial charge in [0.25, 0.3) is 0 Å². The molecule has 112 valence electrons. The van der Waals surface area contributed by atoms with Crippen LogP contribution in [0.2, 0.25) is 0 Å². The van der Waals surface area contributed by atoms with Crippen molar-refractivity contribution in [3.8, 4) is 0 Å². The first kappa shape index (κ1) is 16.2. The number of rotatable bonds is 2. The average Bonchev–Trinajstić information content (AvgIpc) is 2.33. The normalized spacial score (nSPS) is 27.6. The highest BCUT2D eigenvalue weighted by molar-refractivity contribution is 9.10. The second-order valence-corrected chi connectivity index (χ2v) is 7.90. The Balaban J connectivity index is 2.42. The molecular formula is C16H20BrClF2. The molecule has 4 heteroatoms. The van der Waals surface area contributed by atoms with Crippen LogP contribution in [0.3, 0.4) is 0 Å². The lowest BCUT2D eigenvalue weighted by Crippen LogP contribution is -2.40. The standard InChI is InChI=1S/C16H20BrClF2/c1-9-4-5-10(12(18)8-9)16(2,3)14-13(19)7-6-11(17)15(14)20/h6-7,9-10,12H,4-5,8H2,1-3H3. The molecule has 0 aromatic heterocycles. The Labute approximate surface area is 133 Å². The van der Waals surface area contributed by atoms with Gasteiger partial charge < -0.3 is 0 Å². The fourth-order valence-corrected chi connectivity index (χ4v) is 4.50. The average molecular weight is 366 g/mol. The summed E-state index contributed by atoms with van der Waals surface area (Å²) >= 11 is 9.65. The zero-order valence-corrected chi connectivity index (χ0v) is 14.4. The Kier molecular flexibility index (Phi) is 4.80. The van der Waals surface area contributed by atoms with Crippen molar-refractivity contribution >= 4 is 27.5 Å².